The van der Waals surface area contributed by atoms with Gasteiger partial charge in [0.2, 0.25) is 5.88 Å². The largest absolute Gasteiger partial charge is 0.480 e. The summed E-state index contributed by atoms with van der Waals surface area (Å²) in [7, 11) is 1.34. The van der Waals surface area contributed by atoms with Gasteiger partial charge in [-0.2, -0.15) is 18.3 Å². The van der Waals surface area contributed by atoms with Crippen LogP contribution >= 0.6 is 0 Å². The zero-order valence-electron chi connectivity index (χ0n) is 15.9. The number of nitrogens with zero attached hydrogens (tertiary/aromatic N) is 4. The second kappa shape index (κ2) is 8.47. The molecule has 30 heavy (non-hydrogen) atoms. The second-order valence-corrected chi connectivity index (χ2v) is 6.42. The minimum Gasteiger partial charge on any atom is -0.480 e. The molecular weight excluding hydrogens is 406 g/mol. The van der Waals surface area contributed by atoms with Gasteiger partial charge in [0, 0.05) is 12.1 Å². The van der Waals surface area contributed by atoms with Crippen molar-refractivity contribution in [2.75, 3.05) is 7.11 Å². The van der Waals surface area contributed by atoms with Crippen molar-refractivity contribution in [2.24, 2.45) is 0 Å². The van der Waals surface area contributed by atoms with Crippen molar-refractivity contribution in [3.05, 3.63) is 65.2 Å². The Morgan fingerprint density at radius 3 is 2.53 bits per heavy atom. The maximum absolute atomic E-state index is 13.8. The van der Waals surface area contributed by atoms with E-state index in [1.807, 2.05) is 0 Å². The van der Waals surface area contributed by atoms with Crippen molar-refractivity contribution in [1.82, 2.24) is 25.3 Å². The average molecular weight is 423 g/mol. The number of carbonyl (C=O) groups excluding carboxylic acids is 1. The summed E-state index contributed by atoms with van der Waals surface area (Å²) in [5.41, 5.74) is -1.64. The minimum atomic E-state index is -4.89. The van der Waals surface area contributed by atoms with Crippen molar-refractivity contribution in [3.8, 4) is 11.7 Å². The van der Waals surface area contributed by atoms with E-state index in [0.717, 1.165) is 6.20 Å². The highest BCUT2D eigenvalue weighted by molar-refractivity contribution is 5.95. The third-order valence-corrected chi connectivity index (χ3v) is 4.20. The Morgan fingerprint density at radius 1 is 1.20 bits per heavy atom. The van der Waals surface area contributed by atoms with Gasteiger partial charge in [-0.25, -0.2) is 9.07 Å². The number of hydrogen-bond acceptors (Lipinski definition) is 5. The number of ether oxygens (including phenoxy) is 1. The van der Waals surface area contributed by atoms with Crippen LogP contribution in [0.3, 0.4) is 0 Å². The number of hydrogen-bond donors (Lipinski definition) is 1. The average Bonchev–Trinajstić information content (AvgIpc) is 3.16. The number of rotatable bonds is 6. The first-order chi connectivity index (χ1) is 14.2. The Kier molecular flexibility index (Phi) is 5.99. The third-order valence-electron chi connectivity index (χ3n) is 4.20. The number of nitrogens with one attached hydrogen (secondary N) is 1. The Morgan fingerprint density at radius 2 is 1.93 bits per heavy atom. The van der Waals surface area contributed by atoms with E-state index in [1.165, 1.54) is 31.4 Å². The van der Waals surface area contributed by atoms with Gasteiger partial charge in [-0.15, -0.1) is 10.2 Å². The molecule has 1 amide bonds. The summed E-state index contributed by atoms with van der Waals surface area (Å²) in [5.74, 6) is -1.57. The first-order valence-electron chi connectivity index (χ1n) is 8.78. The molecule has 7 nitrogen and oxygen atoms in total. The van der Waals surface area contributed by atoms with Crippen molar-refractivity contribution in [3.63, 3.8) is 0 Å². The van der Waals surface area contributed by atoms with E-state index >= 15 is 0 Å². The molecule has 1 aromatic carbocycles. The highest BCUT2D eigenvalue weighted by atomic mass is 19.4. The lowest BCUT2D eigenvalue weighted by Crippen LogP contribution is -2.35. The molecule has 0 aliphatic heterocycles. The lowest BCUT2D eigenvalue weighted by atomic mass is 10.1. The van der Waals surface area contributed by atoms with Crippen LogP contribution in [0.25, 0.3) is 5.82 Å². The molecule has 0 spiro atoms. The van der Waals surface area contributed by atoms with Crippen LogP contribution in [-0.2, 0) is 12.6 Å². The molecule has 1 atom stereocenters. The van der Waals surface area contributed by atoms with Crippen LogP contribution in [0.5, 0.6) is 5.88 Å². The fourth-order valence-electron chi connectivity index (χ4n) is 2.84. The lowest BCUT2D eigenvalue weighted by molar-refractivity contribution is -0.143. The van der Waals surface area contributed by atoms with Crippen molar-refractivity contribution < 1.29 is 27.1 Å². The van der Waals surface area contributed by atoms with Crippen molar-refractivity contribution in [2.45, 2.75) is 25.6 Å². The minimum absolute atomic E-state index is 0.109. The van der Waals surface area contributed by atoms with Crippen LogP contribution in [0.15, 0.2) is 42.6 Å². The molecule has 2 aromatic heterocycles. The third kappa shape index (κ3) is 4.56. The number of halogens is 4. The van der Waals surface area contributed by atoms with Gasteiger partial charge in [0.1, 0.15) is 5.82 Å². The van der Waals surface area contributed by atoms with Crippen molar-refractivity contribution in [1.29, 1.82) is 0 Å². The fraction of sp³-hybridized carbons (Fsp3) is 0.263. The predicted molar refractivity (Wildman–Crippen MR) is 97.7 cm³/mol. The molecule has 3 rings (SSSR count). The summed E-state index contributed by atoms with van der Waals surface area (Å²) >= 11 is 0. The van der Waals surface area contributed by atoms with Crippen LogP contribution < -0.4 is 10.1 Å². The summed E-state index contributed by atoms with van der Waals surface area (Å²) in [5, 5.41) is 13.4. The molecule has 0 aliphatic carbocycles. The van der Waals surface area contributed by atoms with Gasteiger partial charge in [-0.1, -0.05) is 18.2 Å². The van der Waals surface area contributed by atoms with Crippen molar-refractivity contribution >= 4 is 5.91 Å². The number of amides is 1. The first-order valence-corrected chi connectivity index (χ1v) is 8.78. The van der Waals surface area contributed by atoms with Gasteiger partial charge in [0.05, 0.1) is 18.9 Å². The summed E-state index contributed by atoms with van der Waals surface area (Å²) in [6.07, 6.45) is -3.97. The van der Waals surface area contributed by atoms with E-state index < -0.39 is 35.2 Å². The van der Waals surface area contributed by atoms with Crippen LogP contribution in [0.1, 0.15) is 28.5 Å². The Labute approximate surface area is 168 Å². The summed E-state index contributed by atoms with van der Waals surface area (Å²) in [4.78, 5) is 12.5. The van der Waals surface area contributed by atoms with E-state index in [-0.39, 0.29) is 18.1 Å². The zero-order valence-corrected chi connectivity index (χ0v) is 15.9. The number of methoxy groups -OCH3 is 1. The van der Waals surface area contributed by atoms with Gasteiger partial charge in [0.15, 0.2) is 11.5 Å². The molecule has 0 fully saturated rings. The van der Waals surface area contributed by atoms with Crippen LogP contribution in [-0.4, -0.2) is 39.0 Å². The molecule has 158 valence electrons. The second-order valence-electron chi connectivity index (χ2n) is 6.42. The summed E-state index contributed by atoms with van der Waals surface area (Å²) < 4.78 is 60.2. The maximum atomic E-state index is 13.8. The SMILES string of the molecule is COc1ccc(-n2ncc(C(=O)NC(C)Cc3ccccc3F)c2C(F)(F)F)nn1. The van der Waals surface area contributed by atoms with Gasteiger partial charge < -0.3 is 10.1 Å². The summed E-state index contributed by atoms with van der Waals surface area (Å²) in [6.45, 7) is 1.57. The first kappa shape index (κ1) is 21.2. The summed E-state index contributed by atoms with van der Waals surface area (Å²) in [6, 6.07) is 7.89. The van der Waals surface area contributed by atoms with Gasteiger partial charge in [-0.3, -0.25) is 4.79 Å². The lowest BCUT2D eigenvalue weighted by Gasteiger charge is -2.16. The maximum Gasteiger partial charge on any atom is 0.434 e. The van der Waals surface area contributed by atoms with Crippen LogP contribution in [0, 0.1) is 5.82 Å². The predicted octanol–water partition coefficient (Wildman–Crippen LogP) is 3.19. The standard InChI is InChI=1S/C19H17F4N5O2/c1-11(9-12-5-3-4-6-14(12)20)25-18(29)13-10-24-28(17(13)19(21,22)23)15-7-8-16(30-2)27-26-15/h3-8,10-11H,9H2,1-2H3,(H,25,29). The van der Waals surface area contributed by atoms with E-state index in [0.29, 0.717) is 10.2 Å². The number of alkyl halides is 3. The monoisotopic (exact) mass is 423 g/mol. The molecule has 0 bridgehead atoms. The molecule has 3 aromatic rings. The number of carbonyl (C=O) groups is 1. The number of benzene rings is 1. The molecule has 1 N–H and O–H groups in total. The smallest absolute Gasteiger partial charge is 0.434 e. The molecule has 0 radical (unpaired) electrons. The number of aromatic nitrogens is 4. The Hall–Kier alpha value is -3.50. The molecule has 0 saturated heterocycles. The highest BCUT2D eigenvalue weighted by Crippen LogP contribution is 2.33. The molecular formula is C19H17F4N5O2. The van der Waals surface area contributed by atoms with E-state index in [9.17, 15) is 22.4 Å². The molecule has 11 heteroatoms. The topological polar surface area (TPSA) is 81.9 Å². The normalized spacial score (nSPS) is 12.5. The van der Waals surface area contributed by atoms with Crippen LogP contribution in [0.2, 0.25) is 0 Å². The quantitative estimate of drug-likeness (QED) is 0.616. The molecule has 0 saturated carbocycles. The Balaban J connectivity index is 1.86. The van der Waals surface area contributed by atoms with E-state index in [1.54, 1.807) is 19.1 Å². The molecule has 0 aliphatic rings. The van der Waals surface area contributed by atoms with Gasteiger partial charge in [0.25, 0.3) is 5.91 Å². The van der Waals surface area contributed by atoms with E-state index in [2.05, 4.69) is 20.6 Å². The van der Waals surface area contributed by atoms with Gasteiger partial charge in [-0.05, 0) is 31.0 Å². The molecule has 2 heterocycles. The zero-order chi connectivity index (χ0) is 21.9. The highest BCUT2D eigenvalue weighted by Gasteiger charge is 2.41. The van der Waals surface area contributed by atoms with E-state index in [4.69, 9.17) is 4.74 Å². The molecule has 1 unspecified atom stereocenters. The van der Waals surface area contributed by atoms with Crippen LogP contribution in [0.4, 0.5) is 17.6 Å². The van der Waals surface area contributed by atoms with Gasteiger partial charge >= 0.3 is 6.18 Å². The Bertz CT molecular complexity index is 1030. The fourth-order valence-corrected chi connectivity index (χ4v) is 2.84.